The van der Waals surface area contributed by atoms with Crippen molar-refractivity contribution in [1.29, 1.82) is 0 Å². The van der Waals surface area contributed by atoms with Gasteiger partial charge in [-0.3, -0.25) is 4.79 Å². The summed E-state index contributed by atoms with van der Waals surface area (Å²) in [6, 6.07) is 7.94. The van der Waals surface area contributed by atoms with Crippen LogP contribution in [0.4, 0.5) is 0 Å². The van der Waals surface area contributed by atoms with Crippen LogP contribution in [0.5, 0.6) is 0 Å². The molecule has 2 rings (SSSR count). The maximum absolute atomic E-state index is 11.3. The summed E-state index contributed by atoms with van der Waals surface area (Å²) < 4.78 is 1.02. The Balaban J connectivity index is 1.99. The monoisotopic (exact) mass is 296 g/mol. The zero-order valence-corrected chi connectivity index (χ0v) is 11.3. The van der Waals surface area contributed by atoms with Crippen LogP contribution in [0.25, 0.3) is 0 Å². The summed E-state index contributed by atoms with van der Waals surface area (Å²) >= 11 is 3.42. The van der Waals surface area contributed by atoms with E-state index < -0.39 is 5.97 Å². The summed E-state index contributed by atoms with van der Waals surface area (Å²) in [5.41, 5.74) is 1.10. The van der Waals surface area contributed by atoms with E-state index in [2.05, 4.69) is 15.9 Å². The minimum Gasteiger partial charge on any atom is -0.481 e. The van der Waals surface area contributed by atoms with Crippen LogP contribution in [-0.4, -0.2) is 11.1 Å². The highest BCUT2D eigenvalue weighted by Gasteiger charge is 2.26. The Morgan fingerprint density at radius 1 is 1.47 bits per heavy atom. The van der Waals surface area contributed by atoms with Crippen molar-refractivity contribution in [3.8, 4) is 0 Å². The lowest BCUT2D eigenvalue weighted by molar-refractivity contribution is -0.142. The van der Waals surface area contributed by atoms with Gasteiger partial charge in [0.2, 0.25) is 0 Å². The first-order valence-corrected chi connectivity index (χ1v) is 6.91. The highest BCUT2D eigenvalue weighted by atomic mass is 79.9. The van der Waals surface area contributed by atoms with Crippen LogP contribution in [-0.2, 0) is 11.2 Å². The first-order chi connectivity index (χ1) is 8.15. The highest BCUT2D eigenvalue weighted by Crippen LogP contribution is 2.33. The van der Waals surface area contributed by atoms with E-state index in [9.17, 15) is 9.90 Å². The van der Waals surface area contributed by atoms with E-state index in [-0.39, 0.29) is 5.92 Å². The van der Waals surface area contributed by atoms with E-state index in [1.165, 1.54) is 19.3 Å². The molecule has 1 unspecified atom stereocenters. The molecule has 0 heterocycles. The number of halogens is 1. The van der Waals surface area contributed by atoms with Crippen LogP contribution in [0.1, 0.15) is 31.2 Å². The average molecular weight is 297 g/mol. The van der Waals surface area contributed by atoms with E-state index in [4.69, 9.17) is 0 Å². The molecular formula is C14H17BrO2. The Kier molecular flexibility index (Phi) is 4.21. The van der Waals surface area contributed by atoms with Gasteiger partial charge in [0.1, 0.15) is 0 Å². The second kappa shape index (κ2) is 5.67. The summed E-state index contributed by atoms with van der Waals surface area (Å²) in [5.74, 6) is -0.241. The first-order valence-electron chi connectivity index (χ1n) is 6.12. The SMILES string of the molecule is O=C(O)C(Cc1cccc(Br)c1)CC1CCC1. The fourth-order valence-corrected chi connectivity index (χ4v) is 2.80. The Bertz CT molecular complexity index is 399. The Morgan fingerprint density at radius 3 is 2.76 bits per heavy atom. The number of rotatable bonds is 5. The van der Waals surface area contributed by atoms with E-state index >= 15 is 0 Å². The lowest BCUT2D eigenvalue weighted by atomic mass is 9.77. The summed E-state index contributed by atoms with van der Waals surface area (Å²) in [6.07, 6.45) is 5.17. The normalized spacial score (nSPS) is 17.5. The molecule has 1 atom stereocenters. The molecule has 0 radical (unpaired) electrons. The largest absolute Gasteiger partial charge is 0.481 e. The van der Waals surface area contributed by atoms with Gasteiger partial charge < -0.3 is 5.11 Å². The van der Waals surface area contributed by atoms with Crippen molar-refractivity contribution in [3.63, 3.8) is 0 Å². The molecular weight excluding hydrogens is 280 g/mol. The minimum atomic E-state index is -0.656. The molecule has 0 saturated heterocycles. The van der Waals surface area contributed by atoms with Gasteiger partial charge in [0.05, 0.1) is 5.92 Å². The molecule has 0 aromatic heterocycles. The van der Waals surface area contributed by atoms with Gasteiger partial charge in [0, 0.05) is 4.47 Å². The molecule has 1 saturated carbocycles. The minimum absolute atomic E-state index is 0.227. The fraction of sp³-hybridized carbons (Fsp3) is 0.500. The van der Waals surface area contributed by atoms with Crippen molar-refractivity contribution in [2.45, 2.75) is 32.1 Å². The lowest BCUT2D eigenvalue weighted by Gasteiger charge is -2.28. The molecule has 17 heavy (non-hydrogen) atoms. The molecule has 3 heteroatoms. The van der Waals surface area contributed by atoms with Gasteiger partial charge in [0.15, 0.2) is 0 Å². The van der Waals surface area contributed by atoms with Crippen LogP contribution in [0.15, 0.2) is 28.7 Å². The third kappa shape index (κ3) is 3.56. The second-order valence-corrected chi connectivity index (χ2v) is 5.82. The zero-order valence-electron chi connectivity index (χ0n) is 9.73. The third-order valence-electron chi connectivity index (χ3n) is 3.56. The predicted octanol–water partition coefficient (Wildman–Crippen LogP) is 3.88. The zero-order chi connectivity index (χ0) is 12.3. The van der Waals surface area contributed by atoms with Gasteiger partial charge in [-0.2, -0.15) is 0 Å². The average Bonchev–Trinajstić information content (AvgIpc) is 2.21. The Hall–Kier alpha value is -0.830. The molecule has 0 aliphatic heterocycles. The summed E-state index contributed by atoms with van der Waals surface area (Å²) in [6.45, 7) is 0. The smallest absolute Gasteiger partial charge is 0.306 e. The third-order valence-corrected chi connectivity index (χ3v) is 4.06. The Labute approximate surface area is 110 Å². The molecule has 92 valence electrons. The first kappa shape index (κ1) is 12.6. The molecule has 1 aliphatic carbocycles. The quantitative estimate of drug-likeness (QED) is 0.895. The number of carboxylic acid groups (broad SMARTS) is 1. The molecule has 1 aliphatic rings. The number of carbonyl (C=O) groups is 1. The molecule has 2 nitrogen and oxygen atoms in total. The second-order valence-electron chi connectivity index (χ2n) is 4.90. The van der Waals surface area contributed by atoms with Crippen molar-refractivity contribution in [2.75, 3.05) is 0 Å². The van der Waals surface area contributed by atoms with Crippen LogP contribution < -0.4 is 0 Å². The number of hydrogen-bond donors (Lipinski definition) is 1. The maximum Gasteiger partial charge on any atom is 0.306 e. The van der Waals surface area contributed by atoms with Crippen molar-refractivity contribution in [2.24, 2.45) is 11.8 Å². The van der Waals surface area contributed by atoms with Crippen LogP contribution in [0.3, 0.4) is 0 Å². The topological polar surface area (TPSA) is 37.3 Å². The van der Waals surface area contributed by atoms with E-state index in [1.54, 1.807) is 0 Å². The van der Waals surface area contributed by atoms with Crippen molar-refractivity contribution >= 4 is 21.9 Å². The van der Waals surface area contributed by atoms with Gasteiger partial charge in [0.25, 0.3) is 0 Å². The van der Waals surface area contributed by atoms with Crippen LogP contribution in [0.2, 0.25) is 0 Å². The molecule has 1 N–H and O–H groups in total. The van der Waals surface area contributed by atoms with Crippen molar-refractivity contribution in [1.82, 2.24) is 0 Å². The van der Waals surface area contributed by atoms with Crippen LogP contribution >= 0.6 is 15.9 Å². The molecule has 0 bridgehead atoms. The number of carboxylic acids is 1. The fourth-order valence-electron chi connectivity index (χ4n) is 2.35. The van der Waals surface area contributed by atoms with Crippen LogP contribution in [0, 0.1) is 11.8 Å². The van der Waals surface area contributed by atoms with Crippen molar-refractivity contribution < 1.29 is 9.90 Å². The van der Waals surface area contributed by atoms with E-state index in [0.29, 0.717) is 12.3 Å². The summed E-state index contributed by atoms with van der Waals surface area (Å²) in [7, 11) is 0. The standard InChI is InChI=1S/C14H17BrO2/c15-13-6-2-5-11(9-13)8-12(14(16)17)7-10-3-1-4-10/h2,5-6,9-10,12H,1,3-4,7-8H2,(H,16,17). The van der Waals surface area contributed by atoms with E-state index in [1.807, 2.05) is 24.3 Å². The highest BCUT2D eigenvalue weighted by molar-refractivity contribution is 9.10. The van der Waals surface area contributed by atoms with Gasteiger partial charge >= 0.3 is 5.97 Å². The summed E-state index contributed by atoms with van der Waals surface area (Å²) in [4.78, 5) is 11.3. The van der Waals surface area contributed by atoms with E-state index in [0.717, 1.165) is 16.5 Å². The molecule has 0 spiro atoms. The number of benzene rings is 1. The van der Waals surface area contributed by atoms with Gasteiger partial charge in [-0.15, -0.1) is 0 Å². The molecule has 1 fully saturated rings. The van der Waals surface area contributed by atoms with Gasteiger partial charge in [-0.05, 0) is 36.5 Å². The molecule has 0 amide bonds. The predicted molar refractivity (Wildman–Crippen MR) is 70.9 cm³/mol. The Morgan fingerprint density at radius 2 is 2.24 bits per heavy atom. The lowest BCUT2D eigenvalue weighted by Crippen LogP contribution is -2.23. The van der Waals surface area contributed by atoms with Gasteiger partial charge in [-0.1, -0.05) is 47.3 Å². The molecule has 1 aromatic rings. The summed E-state index contributed by atoms with van der Waals surface area (Å²) in [5, 5.41) is 9.26. The number of hydrogen-bond acceptors (Lipinski definition) is 1. The number of aliphatic carboxylic acids is 1. The van der Waals surface area contributed by atoms with Gasteiger partial charge in [-0.25, -0.2) is 0 Å². The molecule has 1 aromatic carbocycles. The maximum atomic E-state index is 11.3. The van der Waals surface area contributed by atoms with Crippen molar-refractivity contribution in [3.05, 3.63) is 34.3 Å².